The molecule has 0 spiro atoms. The van der Waals surface area contributed by atoms with E-state index in [0.29, 0.717) is 0 Å². The molecule has 0 fully saturated rings. The third-order valence-electron chi connectivity index (χ3n) is 5.34. The van der Waals surface area contributed by atoms with Crippen molar-refractivity contribution in [2.75, 3.05) is 21.2 Å². The molecule has 0 aliphatic rings. The van der Waals surface area contributed by atoms with Crippen molar-refractivity contribution in [1.82, 2.24) is 20.0 Å². The van der Waals surface area contributed by atoms with E-state index in [2.05, 4.69) is 79.0 Å². The molecule has 5 heteroatoms. The van der Waals surface area contributed by atoms with Gasteiger partial charge in [0.15, 0.2) is 0 Å². The number of nitrogens with one attached hydrogen (secondary N) is 1. The number of rotatable bonds is 9. The van der Waals surface area contributed by atoms with Crippen molar-refractivity contribution < 1.29 is 4.74 Å². The van der Waals surface area contributed by atoms with E-state index in [1.54, 1.807) is 7.11 Å². The van der Waals surface area contributed by atoms with Crippen molar-refractivity contribution in [3.63, 3.8) is 0 Å². The van der Waals surface area contributed by atoms with Crippen LogP contribution in [0.15, 0.2) is 85.1 Å². The van der Waals surface area contributed by atoms with Crippen LogP contribution in [0.2, 0.25) is 0 Å². The number of methoxy groups -OCH3 is 1. The van der Waals surface area contributed by atoms with Crippen molar-refractivity contribution in [3.8, 4) is 22.7 Å². The van der Waals surface area contributed by atoms with Crippen LogP contribution >= 0.6 is 0 Å². The summed E-state index contributed by atoms with van der Waals surface area (Å²) < 4.78 is 7.26. The van der Waals surface area contributed by atoms with Crippen LogP contribution in [0.4, 0.5) is 0 Å². The maximum absolute atomic E-state index is 5.31. The lowest BCUT2D eigenvalue weighted by molar-refractivity contribution is 0.402. The summed E-state index contributed by atoms with van der Waals surface area (Å²) in [5.74, 6) is 0.841. The Hall–Kier alpha value is -3.41. The molecule has 3 aromatic carbocycles. The van der Waals surface area contributed by atoms with Gasteiger partial charge < -0.3 is 15.0 Å². The normalized spacial score (nSPS) is 11.1. The highest BCUT2D eigenvalue weighted by Gasteiger charge is 2.12. The molecule has 0 bridgehead atoms. The van der Waals surface area contributed by atoms with E-state index in [-0.39, 0.29) is 0 Å². The molecule has 5 nitrogen and oxygen atoms in total. The first kappa shape index (κ1) is 21.8. The number of para-hydroxylation sites is 1. The Kier molecular flexibility index (Phi) is 7.00. The van der Waals surface area contributed by atoms with Crippen molar-refractivity contribution in [2.24, 2.45) is 0 Å². The van der Waals surface area contributed by atoms with Gasteiger partial charge in [-0.1, -0.05) is 42.5 Å². The Morgan fingerprint density at radius 2 is 1.53 bits per heavy atom. The topological polar surface area (TPSA) is 42.3 Å². The highest BCUT2D eigenvalue weighted by atomic mass is 16.5. The summed E-state index contributed by atoms with van der Waals surface area (Å²) in [5, 5.41) is 8.49. The zero-order valence-corrected chi connectivity index (χ0v) is 19.0. The zero-order chi connectivity index (χ0) is 22.3. The number of hydrogen-bond donors (Lipinski definition) is 1. The Morgan fingerprint density at radius 1 is 0.844 bits per heavy atom. The fraction of sp³-hybridized carbons (Fsp3) is 0.222. The van der Waals surface area contributed by atoms with Gasteiger partial charge in [-0.15, -0.1) is 0 Å². The van der Waals surface area contributed by atoms with Gasteiger partial charge in [-0.2, -0.15) is 5.10 Å². The molecule has 1 heterocycles. The molecule has 1 N–H and O–H groups in total. The highest BCUT2D eigenvalue weighted by Crippen LogP contribution is 2.26. The van der Waals surface area contributed by atoms with Crippen molar-refractivity contribution in [1.29, 1.82) is 0 Å². The zero-order valence-electron chi connectivity index (χ0n) is 19.0. The van der Waals surface area contributed by atoms with Gasteiger partial charge in [0.25, 0.3) is 0 Å². The minimum Gasteiger partial charge on any atom is -0.497 e. The molecule has 0 aliphatic heterocycles. The van der Waals surface area contributed by atoms with Crippen LogP contribution in [-0.2, 0) is 19.6 Å². The molecule has 4 rings (SSSR count). The second kappa shape index (κ2) is 10.3. The summed E-state index contributed by atoms with van der Waals surface area (Å²) >= 11 is 0. The number of nitrogens with zero attached hydrogens (tertiary/aromatic N) is 3. The molecule has 0 saturated heterocycles. The largest absolute Gasteiger partial charge is 0.497 e. The molecular weight excluding hydrogens is 396 g/mol. The number of aromatic nitrogens is 2. The summed E-state index contributed by atoms with van der Waals surface area (Å²) in [6, 6.07) is 27.1. The maximum Gasteiger partial charge on any atom is 0.118 e. The Morgan fingerprint density at radius 3 is 2.19 bits per heavy atom. The minimum absolute atomic E-state index is 0.730. The standard InChI is InChI=1S/C27H30N4O/c1-30(2)19-22-11-9-21(10-12-22)17-28-18-24-20-31(25-7-5-4-6-8-25)29-27(24)23-13-15-26(32-3)16-14-23/h4-16,20,28H,17-19H2,1-3H3. The Bertz CT molecular complexity index is 1120. The average molecular weight is 427 g/mol. The van der Waals surface area contributed by atoms with Gasteiger partial charge in [-0.05, 0) is 61.6 Å². The van der Waals surface area contributed by atoms with E-state index < -0.39 is 0 Å². The Labute approximate surface area is 190 Å². The second-order valence-corrected chi connectivity index (χ2v) is 8.17. The van der Waals surface area contributed by atoms with E-state index >= 15 is 0 Å². The van der Waals surface area contributed by atoms with Crippen LogP contribution < -0.4 is 10.1 Å². The highest BCUT2D eigenvalue weighted by molar-refractivity contribution is 5.64. The molecule has 4 aromatic rings. The molecule has 0 saturated carbocycles. The maximum atomic E-state index is 5.31. The fourth-order valence-electron chi connectivity index (χ4n) is 3.71. The molecule has 0 amide bonds. The van der Waals surface area contributed by atoms with Crippen LogP contribution in [0.5, 0.6) is 5.75 Å². The van der Waals surface area contributed by atoms with Gasteiger partial charge in [0.05, 0.1) is 18.5 Å². The molecular formula is C27H30N4O. The monoisotopic (exact) mass is 426 g/mol. The van der Waals surface area contributed by atoms with Gasteiger partial charge in [0.2, 0.25) is 0 Å². The van der Waals surface area contributed by atoms with E-state index in [4.69, 9.17) is 9.84 Å². The number of benzene rings is 3. The SMILES string of the molecule is COc1ccc(-c2nn(-c3ccccc3)cc2CNCc2ccc(CN(C)C)cc2)cc1. The number of ether oxygens (including phenoxy) is 1. The summed E-state index contributed by atoms with van der Waals surface area (Å²) in [7, 11) is 5.86. The predicted molar refractivity (Wildman–Crippen MR) is 130 cm³/mol. The molecule has 164 valence electrons. The molecule has 0 radical (unpaired) electrons. The lowest BCUT2D eigenvalue weighted by atomic mass is 10.1. The van der Waals surface area contributed by atoms with Crippen LogP contribution in [0.25, 0.3) is 16.9 Å². The molecule has 1 aromatic heterocycles. The van der Waals surface area contributed by atoms with Gasteiger partial charge in [-0.3, -0.25) is 0 Å². The van der Waals surface area contributed by atoms with Gasteiger partial charge in [0, 0.05) is 37.0 Å². The summed E-state index contributed by atoms with van der Waals surface area (Å²) in [6.07, 6.45) is 2.11. The second-order valence-electron chi connectivity index (χ2n) is 8.17. The fourth-order valence-corrected chi connectivity index (χ4v) is 3.71. The molecule has 32 heavy (non-hydrogen) atoms. The first-order chi connectivity index (χ1) is 15.6. The molecule has 0 unspecified atom stereocenters. The quantitative estimate of drug-likeness (QED) is 0.413. The number of hydrogen-bond acceptors (Lipinski definition) is 4. The summed E-state index contributed by atoms with van der Waals surface area (Å²) in [5.41, 5.74) is 6.85. The predicted octanol–water partition coefficient (Wildman–Crippen LogP) is 4.90. The van der Waals surface area contributed by atoms with Crippen molar-refractivity contribution in [3.05, 3.63) is 102 Å². The van der Waals surface area contributed by atoms with Crippen LogP contribution in [-0.4, -0.2) is 35.9 Å². The smallest absolute Gasteiger partial charge is 0.118 e. The Balaban J connectivity index is 1.51. The third-order valence-corrected chi connectivity index (χ3v) is 5.34. The van der Waals surface area contributed by atoms with Gasteiger partial charge in [-0.25, -0.2) is 4.68 Å². The minimum atomic E-state index is 0.730. The van der Waals surface area contributed by atoms with E-state index in [1.165, 1.54) is 11.1 Å². The summed E-state index contributed by atoms with van der Waals surface area (Å²) in [6.45, 7) is 2.49. The van der Waals surface area contributed by atoms with E-state index in [1.807, 2.05) is 35.0 Å². The first-order valence-electron chi connectivity index (χ1n) is 10.8. The van der Waals surface area contributed by atoms with Crippen LogP contribution in [0, 0.1) is 0 Å². The van der Waals surface area contributed by atoms with Crippen molar-refractivity contribution >= 4 is 0 Å². The van der Waals surface area contributed by atoms with Crippen LogP contribution in [0.1, 0.15) is 16.7 Å². The lowest BCUT2D eigenvalue weighted by Crippen LogP contribution is -2.13. The van der Waals surface area contributed by atoms with E-state index in [9.17, 15) is 0 Å². The van der Waals surface area contributed by atoms with Crippen LogP contribution in [0.3, 0.4) is 0 Å². The average Bonchev–Trinajstić information content (AvgIpc) is 3.25. The first-order valence-corrected chi connectivity index (χ1v) is 10.8. The lowest BCUT2D eigenvalue weighted by Gasteiger charge is -2.10. The summed E-state index contributed by atoms with van der Waals surface area (Å²) in [4.78, 5) is 2.18. The molecule has 0 atom stereocenters. The van der Waals surface area contributed by atoms with Gasteiger partial charge >= 0.3 is 0 Å². The third kappa shape index (κ3) is 5.44. The van der Waals surface area contributed by atoms with Crippen molar-refractivity contribution in [2.45, 2.75) is 19.6 Å². The van der Waals surface area contributed by atoms with Gasteiger partial charge in [0.1, 0.15) is 5.75 Å². The van der Waals surface area contributed by atoms with E-state index in [0.717, 1.165) is 47.9 Å². The molecule has 0 aliphatic carbocycles.